The molecule has 0 N–H and O–H groups in total. The van der Waals surface area contributed by atoms with Crippen molar-refractivity contribution in [3.8, 4) is 17.6 Å². The maximum Gasteiger partial charge on any atom is 0.272 e. The molecule has 0 saturated heterocycles. The number of nitrogens with zero attached hydrogens (tertiary/aromatic N) is 2. The standard InChI is InChI=1S/C30H25ClN2O4/c1-19-25(29(34)33(30(35)26(19)17-32)20(2)23-7-5-4-6-8-23)15-22-11-14-27(28(16-22)36-3)37-18-21-9-12-24(31)13-10-21/h4-16,20H,18H2,1-3H3/b25-15+. The predicted molar refractivity (Wildman–Crippen MR) is 142 cm³/mol. The molecule has 0 aliphatic carbocycles. The number of carbonyl (C=O) groups excluding carboxylic acids is 2. The third-order valence-electron chi connectivity index (χ3n) is 6.25. The van der Waals surface area contributed by atoms with Gasteiger partial charge in [-0.05, 0) is 66.5 Å². The van der Waals surface area contributed by atoms with Gasteiger partial charge in [-0.1, -0.05) is 60.1 Å². The van der Waals surface area contributed by atoms with E-state index >= 15 is 0 Å². The molecule has 37 heavy (non-hydrogen) atoms. The largest absolute Gasteiger partial charge is 0.493 e. The molecule has 2 amide bonds. The lowest BCUT2D eigenvalue weighted by atomic mass is 9.91. The van der Waals surface area contributed by atoms with Crippen molar-refractivity contribution >= 4 is 29.5 Å². The molecule has 0 fully saturated rings. The number of nitriles is 1. The van der Waals surface area contributed by atoms with E-state index in [0.29, 0.717) is 34.3 Å². The Morgan fingerprint density at radius 2 is 1.70 bits per heavy atom. The second-order valence-electron chi connectivity index (χ2n) is 8.56. The van der Waals surface area contributed by atoms with Gasteiger partial charge >= 0.3 is 0 Å². The van der Waals surface area contributed by atoms with Gasteiger partial charge in [0.2, 0.25) is 0 Å². The van der Waals surface area contributed by atoms with Crippen molar-refractivity contribution in [3.05, 3.63) is 111 Å². The first kappa shape index (κ1) is 25.7. The van der Waals surface area contributed by atoms with Crippen LogP contribution < -0.4 is 9.47 Å². The van der Waals surface area contributed by atoms with Crippen molar-refractivity contribution in [1.29, 1.82) is 5.26 Å². The van der Waals surface area contributed by atoms with Crippen molar-refractivity contribution < 1.29 is 19.1 Å². The van der Waals surface area contributed by atoms with Gasteiger partial charge in [0.25, 0.3) is 11.8 Å². The van der Waals surface area contributed by atoms with Crippen molar-refractivity contribution in [2.75, 3.05) is 7.11 Å². The van der Waals surface area contributed by atoms with Crippen LogP contribution in [0.4, 0.5) is 0 Å². The Bertz CT molecular complexity index is 1440. The maximum absolute atomic E-state index is 13.6. The van der Waals surface area contributed by atoms with Gasteiger partial charge in [-0.15, -0.1) is 0 Å². The Morgan fingerprint density at radius 3 is 2.35 bits per heavy atom. The fraction of sp³-hybridized carbons (Fsp3) is 0.167. The van der Waals surface area contributed by atoms with Gasteiger partial charge in [0, 0.05) is 10.6 Å². The second-order valence-corrected chi connectivity index (χ2v) is 9.00. The van der Waals surface area contributed by atoms with Crippen LogP contribution in [0.15, 0.2) is 89.5 Å². The normalized spacial score (nSPS) is 15.5. The quantitative estimate of drug-likeness (QED) is 0.275. The van der Waals surface area contributed by atoms with E-state index in [4.69, 9.17) is 21.1 Å². The summed E-state index contributed by atoms with van der Waals surface area (Å²) in [6.07, 6.45) is 1.66. The van der Waals surface area contributed by atoms with Gasteiger partial charge in [0.1, 0.15) is 18.2 Å². The molecule has 1 atom stereocenters. The number of hydrogen-bond acceptors (Lipinski definition) is 5. The van der Waals surface area contributed by atoms with Crippen LogP contribution in [0.3, 0.4) is 0 Å². The molecule has 0 bridgehead atoms. The Labute approximate surface area is 221 Å². The zero-order valence-corrected chi connectivity index (χ0v) is 21.5. The van der Waals surface area contributed by atoms with Gasteiger partial charge in [-0.2, -0.15) is 5.26 Å². The predicted octanol–water partition coefficient (Wildman–Crippen LogP) is 6.28. The van der Waals surface area contributed by atoms with Crippen LogP contribution in [0.5, 0.6) is 11.5 Å². The summed E-state index contributed by atoms with van der Waals surface area (Å²) in [5.74, 6) is -0.0322. The van der Waals surface area contributed by atoms with Crippen LogP contribution in [-0.2, 0) is 16.2 Å². The molecule has 0 spiro atoms. The highest BCUT2D eigenvalue weighted by Gasteiger charge is 2.38. The Hall–Kier alpha value is -4.34. The molecule has 1 aliphatic heterocycles. The summed E-state index contributed by atoms with van der Waals surface area (Å²) < 4.78 is 11.4. The lowest BCUT2D eigenvalue weighted by Gasteiger charge is -2.32. The SMILES string of the molecule is COc1cc(/C=C2/C(=O)N(C(C)c3ccccc3)C(=O)C(C#N)=C2C)ccc1OCc1ccc(Cl)cc1. The fourth-order valence-electron chi connectivity index (χ4n) is 4.13. The summed E-state index contributed by atoms with van der Waals surface area (Å²) in [4.78, 5) is 27.8. The number of ether oxygens (including phenoxy) is 2. The number of carbonyl (C=O) groups is 2. The second kappa shape index (κ2) is 11.2. The third kappa shape index (κ3) is 5.42. The van der Waals surface area contributed by atoms with Crippen LogP contribution in [0.1, 0.15) is 36.6 Å². The van der Waals surface area contributed by atoms with E-state index < -0.39 is 17.9 Å². The lowest BCUT2D eigenvalue weighted by molar-refractivity contribution is -0.143. The van der Waals surface area contributed by atoms with Crippen LogP contribution >= 0.6 is 11.6 Å². The molecule has 0 radical (unpaired) electrons. The highest BCUT2D eigenvalue weighted by Crippen LogP contribution is 2.35. The summed E-state index contributed by atoms with van der Waals surface area (Å²) in [5.41, 5.74) is 2.98. The topological polar surface area (TPSA) is 79.6 Å². The minimum absolute atomic E-state index is 0.0523. The average molecular weight is 513 g/mol. The lowest BCUT2D eigenvalue weighted by Crippen LogP contribution is -2.44. The molecule has 4 rings (SSSR count). The number of amides is 2. The number of hydrogen-bond donors (Lipinski definition) is 0. The number of imide groups is 1. The summed E-state index contributed by atoms with van der Waals surface area (Å²) in [5, 5.41) is 10.4. The first-order chi connectivity index (χ1) is 17.8. The number of methoxy groups -OCH3 is 1. The maximum atomic E-state index is 13.6. The minimum Gasteiger partial charge on any atom is -0.493 e. The highest BCUT2D eigenvalue weighted by atomic mass is 35.5. The Morgan fingerprint density at radius 1 is 1.00 bits per heavy atom. The van der Waals surface area contributed by atoms with Crippen molar-refractivity contribution in [3.63, 3.8) is 0 Å². The van der Waals surface area contributed by atoms with E-state index in [0.717, 1.165) is 16.0 Å². The van der Waals surface area contributed by atoms with Gasteiger partial charge in [-0.25, -0.2) is 0 Å². The zero-order valence-electron chi connectivity index (χ0n) is 20.7. The molecule has 3 aromatic carbocycles. The number of rotatable bonds is 7. The fourth-order valence-corrected chi connectivity index (χ4v) is 4.26. The van der Waals surface area contributed by atoms with E-state index in [-0.39, 0.29) is 11.1 Å². The average Bonchev–Trinajstić information content (AvgIpc) is 2.91. The molecule has 1 unspecified atom stereocenters. The third-order valence-corrected chi connectivity index (χ3v) is 6.50. The van der Waals surface area contributed by atoms with Crippen LogP contribution in [0, 0.1) is 11.3 Å². The van der Waals surface area contributed by atoms with Crippen LogP contribution in [0.2, 0.25) is 5.02 Å². The molecular weight excluding hydrogens is 488 g/mol. The van der Waals surface area contributed by atoms with Gasteiger partial charge < -0.3 is 9.47 Å². The molecule has 1 aliphatic rings. The summed E-state index contributed by atoms with van der Waals surface area (Å²) >= 11 is 5.95. The van der Waals surface area contributed by atoms with Gasteiger partial charge in [0.05, 0.1) is 13.2 Å². The first-order valence-corrected chi connectivity index (χ1v) is 12.0. The van der Waals surface area contributed by atoms with Crippen LogP contribution in [-0.4, -0.2) is 23.8 Å². The van der Waals surface area contributed by atoms with Gasteiger partial charge in [-0.3, -0.25) is 14.5 Å². The zero-order chi connectivity index (χ0) is 26.5. The highest BCUT2D eigenvalue weighted by molar-refractivity contribution is 6.30. The molecule has 0 aromatic heterocycles. The smallest absolute Gasteiger partial charge is 0.272 e. The summed E-state index contributed by atoms with van der Waals surface area (Å²) in [6, 6.07) is 23.3. The summed E-state index contributed by atoms with van der Waals surface area (Å²) in [6.45, 7) is 3.72. The molecule has 6 nitrogen and oxygen atoms in total. The molecule has 0 saturated carbocycles. The molecular formula is C30H25ClN2O4. The minimum atomic E-state index is -0.595. The van der Waals surface area contributed by atoms with Crippen molar-refractivity contribution in [2.24, 2.45) is 0 Å². The monoisotopic (exact) mass is 512 g/mol. The Balaban J connectivity index is 1.66. The molecule has 186 valence electrons. The summed E-state index contributed by atoms with van der Waals surface area (Å²) in [7, 11) is 1.54. The van der Waals surface area contributed by atoms with Crippen molar-refractivity contribution in [1.82, 2.24) is 4.90 Å². The van der Waals surface area contributed by atoms with Crippen LogP contribution in [0.25, 0.3) is 6.08 Å². The van der Waals surface area contributed by atoms with E-state index in [9.17, 15) is 14.9 Å². The first-order valence-electron chi connectivity index (χ1n) is 11.6. The van der Waals surface area contributed by atoms with E-state index in [1.165, 1.54) is 7.11 Å². The number of halogens is 1. The van der Waals surface area contributed by atoms with E-state index in [2.05, 4.69) is 0 Å². The molecule has 3 aromatic rings. The number of benzene rings is 3. The van der Waals surface area contributed by atoms with E-state index in [1.54, 1.807) is 50.3 Å². The van der Waals surface area contributed by atoms with Crippen molar-refractivity contribution in [2.45, 2.75) is 26.5 Å². The van der Waals surface area contributed by atoms with E-state index in [1.807, 2.05) is 48.5 Å². The molecule has 1 heterocycles. The molecule has 7 heteroatoms. The van der Waals surface area contributed by atoms with Gasteiger partial charge in [0.15, 0.2) is 11.5 Å². The Kier molecular flexibility index (Phi) is 7.76.